The van der Waals surface area contributed by atoms with E-state index < -0.39 is 0 Å². The van der Waals surface area contributed by atoms with Crippen molar-refractivity contribution in [1.29, 1.82) is 0 Å². The van der Waals surface area contributed by atoms with Crippen molar-refractivity contribution in [3.05, 3.63) is 88.4 Å². The Balaban J connectivity index is 2.12. The van der Waals surface area contributed by atoms with Gasteiger partial charge in [0.05, 0.1) is 18.2 Å². The Hall–Kier alpha value is -3.14. The summed E-state index contributed by atoms with van der Waals surface area (Å²) in [6.07, 6.45) is 2.37. The number of imidazole rings is 1. The van der Waals surface area contributed by atoms with Gasteiger partial charge < -0.3 is 0 Å². The molecule has 0 unspecified atom stereocenters. The number of rotatable bonds is 6. The Labute approximate surface area is 211 Å². The topological polar surface area (TPSA) is 26.6 Å². The van der Waals surface area contributed by atoms with Gasteiger partial charge in [-0.2, -0.15) is 9.67 Å². The zero-order valence-corrected chi connectivity index (χ0v) is 23.1. The van der Waals surface area contributed by atoms with Crippen LogP contribution in [-0.2, 0) is 19.5 Å². The van der Waals surface area contributed by atoms with Crippen LogP contribution in [0.15, 0.2) is 54.7 Å². The van der Waals surface area contributed by atoms with Gasteiger partial charge in [0, 0.05) is 18.2 Å². The largest absolute Gasteiger partial charge is 0.312 e. The third-order valence-corrected chi connectivity index (χ3v) is 7.43. The highest BCUT2D eigenvalue weighted by Crippen LogP contribution is 2.38. The lowest BCUT2D eigenvalue weighted by atomic mass is 9.79. The third-order valence-electron chi connectivity index (χ3n) is 7.43. The fourth-order valence-corrected chi connectivity index (χ4v) is 5.61. The van der Waals surface area contributed by atoms with Gasteiger partial charge in [-0.05, 0) is 56.7 Å². The molecule has 0 saturated carbocycles. The summed E-state index contributed by atoms with van der Waals surface area (Å²) in [6, 6.07) is 17.7. The molecule has 0 aliphatic heterocycles. The molecule has 2 aromatic heterocycles. The van der Waals surface area contributed by atoms with Crippen molar-refractivity contribution >= 4 is 0 Å². The van der Waals surface area contributed by atoms with Crippen LogP contribution < -0.4 is 4.57 Å². The van der Waals surface area contributed by atoms with Crippen LogP contribution in [0.5, 0.6) is 0 Å². The van der Waals surface area contributed by atoms with Crippen molar-refractivity contribution in [3.8, 4) is 17.2 Å². The monoisotopic (exact) mass is 469 g/mol. The van der Waals surface area contributed by atoms with Crippen LogP contribution in [0, 0.1) is 13.8 Å². The third kappa shape index (κ3) is 4.24. The molecule has 0 bridgehead atoms. The summed E-state index contributed by atoms with van der Waals surface area (Å²) in [5.74, 6) is 1.97. The first kappa shape index (κ1) is 25.0. The highest BCUT2D eigenvalue weighted by molar-refractivity contribution is 5.59. The smallest absolute Gasteiger partial charge is 0.260 e. The molecule has 0 amide bonds. The maximum atomic E-state index is 4.71. The molecule has 4 heteroatoms. The summed E-state index contributed by atoms with van der Waals surface area (Å²) in [5.41, 5.74) is 9.93. The molecular formula is C31H41N4+. The van der Waals surface area contributed by atoms with E-state index in [1.165, 1.54) is 33.6 Å². The Morgan fingerprint density at radius 2 is 1.49 bits per heavy atom. The molecule has 0 spiro atoms. The minimum Gasteiger partial charge on any atom is -0.260 e. The minimum atomic E-state index is -0.182. The number of nitrogens with zero attached hydrogens (tertiary/aromatic N) is 4. The minimum absolute atomic E-state index is 0.182. The van der Waals surface area contributed by atoms with Gasteiger partial charge in [0.25, 0.3) is 0 Å². The normalized spacial score (nSPS) is 12.2. The van der Waals surface area contributed by atoms with Gasteiger partial charge in [-0.25, -0.2) is 4.57 Å². The van der Waals surface area contributed by atoms with Gasteiger partial charge in [0.1, 0.15) is 11.9 Å². The average molecular weight is 470 g/mol. The number of aromatic nitrogens is 4. The predicted octanol–water partition coefficient (Wildman–Crippen LogP) is 6.89. The second-order valence-electron chi connectivity index (χ2n) is 11.1. The zero-order chi connectivity index (χ0) is 25.7. The predicted molar refractivity (Wildman–Crippen MR) is 145 cm³/mol. The second kappa shape index (κ2) is 9.14. The van der Waals surface area contributed by atoms with E-state index in [-0.39, 0.29) is 5.41 Å². The molecule has 0 saturated heterocycles. The van der Waals surface area contributed by atoms with E-state index in [4.69, 9.17) is 5.10 Å². The van der Waals surface area contributed by atoms with Crippen LogP contribution in [0.4, 0.5) is 0 Å². The number of benzene rings is 2. The highest BCUT2D eigenvalue weighted by Gasteiger charge is 2.38. The molecule has 0 aliphatic rings. The lowest BCUT2D eigenvalue weighted by molar-refractivity contribution is -0.670. The SMILES string of the molecule is Cc1cc(-c2n(-c3c(C(C)C)cccc3C(C)C)cc(C(C)(C)c3ccccc3C)[n+]2C)n(C)n1. The van der Waals surface area contributed by atoms with Gasteiger partial charge >= 0.3 is 5.82 Å². The molecule has 4 nitrogen and oxygen atoms in total. The van der Waals surface area contributed by atoms with E-state index in [1.807, 2.05) is 11.7 Å². The Morgan fingerprint density at radius 1 is 0.886 bits per heavy atom. The summed E-state index contributed by atoms with van der Waals surface area (Å²) in [4.78, 5) is 0. The van der Waals surface area contributed by atoms with Crippen molar-refractivity contribution < 1.29 is 4.57 Å². The number of hydrogen-bond acceptors (Lipinski definition) is 1. The number of para-hydroxylation sites is 1. The van der Waals surface area contributed by atoms with Crippen LogP contribution in [-0.4, -0.2) is 14.3 Å². The van der Waals surface area contributed by atoms with E-state index in [1.54, 1.807) is 0 Å². The van der Waals surface area contributed by atoms with Crippen molar-refractivity contribution in [3.63, 3.8) is 0 Å². The summed E-state index contributed by atoms with van der Waals surface area (Å²) < 4.78 is 6.83. The highest BCUT2D eigenvalue weighted by atomic mass is 15.3. The quantitative estimate of drug-likeness (QED) is 0.282. The first-order valence-corrected chi connectivity index (χ1v) is 12.8. The van der Waals surface area contributed by atoms with Crippen molar-refractivity contribution in [2.75, 3.05) is 0 Å². The van der Waals surface area contributed by atoms with Gasteiger partial charge in [-0.3, -0.25) is 4.68 Å². The van der Waals surface area contributed by atoms with E-state index in [0.717, 1.165) is 17.2 Å². The Morgan fingerprint density at radius 3 is 2.00 bits per heavy atom. The van der Waals surface area contributed by atoms with Crippen LogP contribution in [0.3, 0.4) is 0 Å². The van der Waals surface area contributed by atoms with E-state index in [0.29, 0.717) is 11.8 Å². The molecule has 2 heterocycles. The maximum absolute atomic E-state index is 4.71. The second-order valence-corrected chi connectivity index (χ2v) is 11.1. The summed E-state index contributed by atoms with van der Waals surface area (Å²) in [7, 11) is 4.25. The Kier molecular flexibility index (Phi) is 6.52. The molecule has 184 valence electrons. The van der Waals surface area contributed by atoms with Crippen LogP contribution >= 0.6 is 0 Å². The summed E-state index contributed by atoms with van der Waals surface area (Å²) >= 11 is 0. The summed E-state index contributed by atoms with van der Waals surface area (Å²) in [5, 5.41) is 4.71. The van der Waals surface area contributed by atoms with Crippen molar-refractivity contribution in [2.45, 2.75) is 72.6 Å². The van der Waals surface area contributed by atoms with Crippen LogP contribution in [0.25, 0.3) is 17.2 Å². The average Bonchev–Trinajstić information content (AvgIpc) is 3.31. The standard InChI is InChI=1S/C31H41N4/c1-20(2)24-15-13-16-25(21(3)4)29(24)35-19-28(31(7,8)26-17-12-11-14-22(26)5)33(9)30(35)27-18-23(6)32-34(27)10/h11-21H,1-10H3/q+1. The molecule has 4 rings (SSSR count). The van der Waals surface area contributed by atoms with E-state index >= 15 is 0 Å². The van der Waals surface area contributed by atoms with Gasteiger partial charge in [0.2, 0.25) is 0 Å². The lowest BCUT2D eigenvalue weighted by Gasteiger charge is -2.24. The van der Waals surface area contributed by atoms with Gasteiger partial charge in [-0.1, -0.05) is 70.2 Å². The zero-order valence-electron chi connectivity index (χ0n) is 23.1. The molecule has 0 radical (unpaired) electrons. The molecule has 0 N–H and O–H groups in total. The molecule has 4 aromatic rings. The fraction of sp³-hybridized carbons (Fsp3) is 0.419. The molecule has 0 aliphatic carbocycles. The van der Waals surface area contributed by atoms with Gasteiger partial charge in [0.15, 0.2) is 11.4 Å². The van der Waals surface area contributed by atoms with Gasteiger partial charge in [-0.15, -0.1) is 0 Å². The van der Waals surface area contributed by atoms with Crippen molar-refractivity contribution in [1.82, 2.24) is 14.3 Å². The molecule has 2 aromatic carbocycles. The van der Waals surface area contributed by atoms with E-state index in [9.17, 15) is 0 Å². The first-order chi connectivity index (χ1) is 16.4. The van der Waals surface area contributed by atoms with Crippen LogP contribution in [0.2, 0.25) is 0 Å². The lowest BCUT2D eigenvalue weighted by Crippen LogP contribution is -2.41. The molecular weight excluding hydrogens is 428 g/mol. The summed E-state index contributed by atoms with van der Waals surface area (Å²) in [6.45, 7) is 18.1. The maximum Gasteiger partial charge on any atom is 0.312 e. The van der Waals surface area contributed by atoms with E-state index in [2.05, 4.69) is 126 Å². The molecule has 0 fully saturated rings. The number of aryl methyl sites for hydroxylation is 3. The number of hydrogen-bond donors (Lipinski definition) is 0. The Bertz CT molecular complexity index is 1340. The van der Waals surface area contributed by atoms with Crippen molar-refractivity contribution in [2.24, 2.45) is 14.1 Å². The molecule has 0 atom stereocenters. The fourth-order valence-electron chi connectivity index (χ4n) is 5.61. The first-order valence-electron chi connectivity index (χ1n) is 12.8. The van der Waals surface area contributed by atoms with Crippen LogP contribution in [0.1, 0.15) is 87.0 Å². The molecule has 35 heavy (non-hydrogen) atoms.